The quantitative estimate of drug-likeness (QED) is 0.786. The maximum Gasteiger partial charge on any atom is 0.142 e. The second kappa shape index (κ2) is 6.43. The van der Waals surface area contributed by atoms with Gasteiger partial charge in [0.05, 0.1) is 12.8 Å². The fourth-order valence-corrected chi connectivity index (χ4v) is 2.80. The number of nitrogens with two attached hydrogens (primary N) is 1. The van der Waals surface area contributed by atoms with Gasteiger partial charge in [-0.05, 0) is 30.2 Å². The third-order valence-corrected chi connectivity index (χ3v) is 4.01. The number of hydrogen-bond acceptors (Lipinski definition) is 4. The molecular weight excluding hydrogens is 298 g/mol. The molecule has 2 N–H and O–H groups in total. The highest BCUT2D eigenvalue weighted by Crippen LogP contribution is 2.36. The monoisotopic (exact) mass is 315 g/mol. The third kappa shape index (κ3) is 2.68. The van der Waals surface area contributed by atoms with E-state index in [0.29, 0.717) is 5.56 Å². The SMILES string of the molecule is COc1ccc(-c2c(C)c(-c3ccccc3)nc(N)c2C#N)cc1. The first kappa shape index (κ1) is 15.6. The van der Waals surface area contributed by atoms with Gasteiger partial charge in [0.25, 0.3) is 0 Å². The molecule has 2 aromatic carbocycles. The number of benzene rings is 2. The first-order valence-corrected chi connectivity index (χ1v) is 7.55. The molecule has 4 heteroatoms. The standard InChI is InChI=1S/C20H17N3O/c1-13-18(14-8-10-16(24-2)11-9-14)17(12-21)20(22)23-19(13)15-6-4-3-5-7-15/h3-11H,1-2H3,(H2,22,23). The molecule has 0 radical (unpaired) electrons. The number of pyridine rings is 1. The molecule has 0 saturated carbocycles. The van der Waals surface area contributed by atoms with Gasteiger partial charge in [0.15, 0.2) is 0 Å². The van der Waals surface area contributed by atoms with Gasteiger partial charge in [-0.3, -0.25) is 0 Å². The summed E-state index contributed by atoms with van der Waals surface area (Å²) in [6, 6.07) is 19.6. The van der Waals surface area contributed by atoms with Crippen LogP contribution in [0.4, 0.5) is 5.82 Å². The summed E-state index contributed by atoms with van der Waals surface area (Å²) in [4.78, 5) is 4.46. The van der Waals surface area contributed by atoms with E-state index in [0.717, 1.165) is 33.7 Å². The Labute approximate surface area is 141 Å². The molecule has 0 bridgehead atoms. The number of nitrogen functional groups attached to an aromatic ring is 1. The average molecular weight is 315 g/mol. The number of nitriles is 1. The average Bonchev–Trinajstić information content (AvgIpc) is 2.63. The predicted octanol–water partition coefficient (Wildman–Crippen LogP) is 4.19. The van der Waals surface area contributed by atoms with Gasteiger partial charge >= 0.3 is 0 Å². The number of ether oxygens (including phenoxy) is 1. The normalized spacial score (nSPS) is 10.2. The fraction of sp³-hybridized carbons (Fsp3) is 0.100. The van der Waals surface area contributed by atoms with Gasteiger partial charge in [-0.25, -0.2) is 4.98 Å². The van der Waals surface area contributed by atoms with E-state index in [4.69, 9.17) is 10.5 Å². The van der Waals surface area contributed by atoms with E-state index < -0.39 is 0 Å². The van der Waals surface area contributed by atoms with E-state index in [1.807, 2.05) is 61.5 Å². The number of methoxy groups -OCH3 is 1. The van der Waals surface area contributed by atoms with Crippen LogP contribution in [-0.4, -0.2) is 12.1 Å². The highest BCUT2D eigenvalue weighted by Gasteiger charge is 2.18. The number of hydrogen-bond donors (Lipinski definition) is 1. The molecule has 1 aromatic heterocycles. The highest BCUT2D eigenvalue weighted by molar-refractivity contribution is 5.84. The minimum absolute atomic E-state index is 0.243. The molecule has 0 amide bonds. The van der Waals surface area contributed by atoms with Crippen LogP contribution in [0.15, 0.2) is 54.6 Å². The van der Waals surface area contributed by atoms with Crippen molar-refractivity contribution in [1.82, 2.24) is 4.98 Å². The summed E-state index contributed by atoms with van der Waals surface area (Å²) in [7, 11) is 1.62. The highest BCUT2D eigenvalue weighted by atomic mass is 16.5. The second-order valence-electron chi connectivity index (χ2n) is 5.43. The van der Waals surface area contributed by atoms with E-state index in [1.54, 1.807) is 7.11 Å². The maximum atomic E-state index is 9.55. The van der Waals surface area contributed by atoms with Crippen LogP contribution in [0.1, 0.15) is 11.1 Å². The lowest BCUT2D eigenvalue weighted by Gasteiger charge is -2.15. The summed E-state index contributed by atoms with van der Waals surface area (Å²) in [5.41, 5.74) is 10.9. The Bertz CT molecular complexity index is 910. The Hall–Kier alpha value is -3.32. The zero-order chi connectivity index (χ0) is 17.1. The zero-order valence-corrected chi connectivity index (χ0v) is 13.6. The van der Waals surface area contributed by atoms with Crippen molar-refractivity contribution in [1.29, 1.82) is 5.26 Å². The summed E-state index contributed by atoms with van der Waals surface area (Å²) in [5.74, 6) is 1.01. The van der Waals surface area contributed by atoms with Crippen molar-refractivity contribution in [3.63, 3.8) is 0 Å². The van der Waals surface area contributed by atoms with Crippen molar-refractivity contribution in [2.45, 2.75) is 6.92 Å². The molecule has 0 unspecified atom stereocenters. The third-order valence-electron chi connectivity index (χ3n) is 4.01. The molecule has 0 spiro atoms. The van der Waals surface area contributed by atoms with Gasteiger partial charge in [0.2, 0.25) is 0 Å². The molecule has 0 aliphatic rings. The number of anilines is 1. The van der Waals surface area contributed by atoms with Crippen molar-refractivity contribution in [3.05, 3.63) is 65.7 Å². The topological polar surface area (TPSA) is 71.9 Å². The van der Waals surface area contributed by atoms with Crippen molar-refractivity contribution < 1.29 is 4.74 Å². The van der Waals surface area contributed by atoms with Crippen molar-refractivity contribution in [2.24, 2.45) is 0 Å². The van der Waals surface area contributed by atoms with E-state index >= 15 is 0 Å². The Morgan fingerprint density at radius 1 is 1.00 bits per heavy atom. The minimum atomic E-state index is 0.243. The molecule has 0 saturated heterocycles. The van der Waals surface area contributed by atoms with E-state index in [9.17, 15) is 5.26 Å². The smallest absolute Gasteiger partial charge is 0.142 e. The molecule has 3 aromatic rings. The van der Waals surface area contributed by atoms with E-state index in [1.165, 1.54) is 0 Å². The molecule has 0 atom stereocenters. The lowest BCUT2D eigenvalue weighted by atomic mass is 9.93. The van der Waals surface area contributed by atoms with Crippen LogP contribution in [0, 0.1) is 18.3 Å². The molecule has 118 valence electrons. The molecule has 0 fully saturated rings. The molecule has 0 aliphatic heterocycles. The summed E-state index contributed by atoms with van der Waals surface area (Å²) >= 11 is 0. The second-order valence-corrected chi connectivity index (χ2v) is 5.43. The van der Waals surface area contributed by atoms with Crippen LogP contribution < -0.4 is 10.5 Å². The Morgan fingerprint density at radius 3 is 2.25 bits per heavy atom. The van der Waals surface area contributed by atoms with Gasteiger partial charge < -0.3 is 10.5 Å². The van der Waals surface area contributed by atoms with Crippen molar-refractivity contribution in [3.8, 4) is 34.2 Å². The molecule has 4 nitrogen and oxygen atoms in total. The van der Waals surface area contributed by atoms with Crippen LogP contribution in [0.5, 0.6) is 5.75 Å². The minimum Gasteiger partial charge on any atom is -0.497 e. The number of rotatable bonds is 3. The Morgan fingerprint density at radius 2 is 1.67 bits per heavy atom. The van der Waals surface area contributed by atoms with Crippen LogP contribution in [0.25, 0.3) is 22.4 Å². The summed E-state index contributed by atoms with van der Waals surface area (Å²) in [5, 5.41) is 9.55. The van der Waals surface area contributed by atoms with Crippen LogP contribution in [0.2, 0.25) is 0 Å². The summed E-state index contributed by atoms with van der Waals surface area (Å²) < 4.78 is 5.21. The molecule has 0 aliphatic carbocycles. The van der Waals surface area contributed by atoms with Crippen molar-refractivity contribution >= 4 is 5.82 Å². The van der Waals surface area contributed by atoms with Gasteiger partial charge in [0, 0.05) is 11.1 Å². The van der Waals surface area contributed by atoms with E-state index in [-0.39, 0.29) is 5.82 Å². The predicted molar refractivity (Wildman–Crippen MR) is 95.5 cm³/mol. The van der Waals surface area contributed by atoms with Crippen LogP contribution >= 0.6 is 0 Å². The van der Waals surface area contributed by atoms with Gasteiger partial charge in [-0.1, -0.05) is 42.5 Å². The van der Waals surface area contributed by atoms with E-state index in [2.05, 4.69) is 11.1 Å². The summed E-state index contributed by atoms with van der Waals surface area (Å²) in [6.45, 7) is 1.97. The lowest BCUT2D eigenvalue weighted by Crippen LogP contribution is -2.03. The van der Waals surface area contributed by atoms with Crippen LogP contribution in [0.3, 0.4) is 0 Å². The fourth-order valence-electron chi connectivity index (χ4n) is 2.80. The number of aromatic nitrogens is 1. The lowest BCUT2D eigenvalue weighted by molar-refractivity contribution is 0.415. The van der Waals surface area contributed by atoms with Crippen LogP contribution in [-0.2, 0) is 0 Å². The zero-order valence-electron chi connectivity index (χ0n) is 13.6. The number of nitrogens with zero attached hydrogens (tertiary/aromatic N) is 2. The largest absolute Gasteiger partial charge is 0.497 e. The molecule has 1 heterocycles. The van der Waals surface area contributed by atoms with Gasteiger partial charge in [-0.2, -0.15) is 5.26 Å². The summed E-state index contributed by atoms with van der Waals surface area (Å²) in [6.07, 6.45) is 0. The van der Waals surface area contributed by atoms with Gasteiger partial charge in [0.1, 0.15) is 23.2 Å². The maximum absolute atomic E-state index is 9.55. The first-order chi connectivity index (χ1) is 11.7. The van der Waals surface area contributed by atoms with Gasteiger partial charge in [-0.15, -0.1) is 0 Å². The van der Waals surface area contributed by atoms with Crippen molar-refractivity contribution in [2.75, 3.05) is 12.8 Å². The molecular formula is C20H17N3O. The molecule has 24 heavy (non-hydrogen) atoms. The Kier molecular flexibility index (Phi) is 4.17. The molecule has 3 rings (SSSR count). The first-order valence-electron chi connectivity index (χ1n) is 7.55. The Balaban J connectivity index is 2.27.